The zero-order valence-corrected chi connectivity index (χ0v) is 13.7. The molecule has 1 atom stereocenters. The Bertz CT molecular complexity index is 604. The fourth-order valence-corrected chi connectivity index (χ4v) is 2.06. The number of rotatable bonds is 8. The van der Waals surface area contributed by atoms with Crippen molar-refractivity contribution in [2.75, 3.05) is 13.2 Å². The van der Waals surface area contributed by atoms with Crippen molar-refractivity contribution in [3.05, 3.63) is 47.3 Å². The summed E-state index contributed by atoms with van der Waals surface area (Å²) in [7, 11) is 0. The van der Waals surface area contributed by atoms with Gasteiger partial charge in [-0.1, -0.05) is 23.7 Å². The molecular formula is C16H19ClFNO4. The Labute approximate surface area is 139 Å². The number of halogens is 2. The highest BCUT2D eigenvalue weighted by Gasteiger charge is 2.35. The first-order valence-corrected chi connectivity index (χ1v) is 7.26. The molecule has 1 rings (SSSR count). The number of benzene rings is 1. The van der Waals surface area contributed by atoms with E-state index >= 15 is 0 Å². The van der Waals surface area contributed by atoms with E-state index in [-0.39, 0.29) is 23.8 Å². The standard InChI is InChI=1S/C16H19ClFNO4/c1-4-7-23-9-13(14(20)21)19-15(22)16(2,3)11-6-5-10(17)8-12(11)18/h4-6,8,13H,1,7,9H2,2-3H3,(H,19,22)(H,20,21). The molecule has 1 unspecified atom stereocenters. The van der Waals surface area contributed by atoms with Crippen LogP contribution in [0.15, 0.2) is 30.9 Å². The Balaban J connectivity index is 2.91. The first-order valence-electron chi connectivity index (χ1n) is 6.88. The molecule has 0 fully saturated rings. The molecule has 126 valence electrons. The summed E-state index contributed by atoms with van der Waals surface area (Å²) in [4.78, 5) is 23.6. The lowest BCUT2D eigenvalue weighted by Gasteiger charge is -2.26. The molecule has 23 heavy (non-hydrogen) atoms. The normalized spacial score (nSPS) is 12.5. The van der Waals surface area contributed by atoms with Gasteiger partial charge in [-0.25, -0.2) is 9.18 Å². The van der Waals surface area contributed by atoms with Crippen molar-refractivity contribution in [1.29, 1.82) is 0 Å². The molecule has 0 bridgehead atoms. The second-order valence-corrected chi connectivity index (χ2v) is 5.88. The molecule has 0 aliphatic rings. The van der Waals surface area contributed by atoms with Crippen molar-refractivity contribution in [2.24, 2.45) is 0 Å². The summed E-state index contributed by atoms with van der Waals surface area (Å²) in [6.45, 7) is 6.39. The Morgan fingerprint density at radius 3 is 2.70 bits per heavy atom. The molecule has 0 aliphatic carbocycles. The maximum atomic E-state index is 14.0. The summed E-state index contributed by atoms with van der Waals surface area (Å²) in [6.07, 6.45) is 1.47. The third-order valence-electron chi connectivity index (χ3n) is 3.30. The molecule has 5 nitrogen and oxygen atoms in total. The molecule has 0 spiro atoms. The van der Waals surface area contributed by atoms with Crippen LogP contribution < -0.4 is 5.32 Å². The summed E-state index contributed by atoms with van der Waals surface area (Å²) in [5.41, 5.74) is -1.16. The Hall–Kier alpha value is -1.92. The molecule has 1 aromatic rings. The summed E-state index contributed by atoms with van der Waals surface area (Å²) in [5, 5.41) is 11.7. The number of carbonyl (C=O) groups is 2. The van der Waals surface area contributed by atoms with Crippen LogP contribution >= 0.6 is 11.6 Å². The Morgan fingerprint density at radius 2 is 2.17 bits per heavy atom. The third kappa shape index (κ3) is 5.04. The van der Waals surface area contributed by atoms with Gasteiger partial charge in [-0.2, -0.15) is 0 Å². The Kier molecular flexibility index (Phi) is 6.72. The van der Waals surface area contributed by atoms with Crippen LogP contribution in [0.3, 0.4) is 0 Å². The van der Waals surface area contributed by atoms with Crippen LogP contribution in [0.25, 0.3) is 0 Å². The van der Waals surface area contributed by atoms with E-state index in [1.54, 1.807) is 0 Å². The fraction of sp³-hybridized carbons (Fsp3) is 0.375. The van der Waals surface area contributed by atoms with Gasteiger partial charge in [0.05, 0.1) is 18.6 Å². The van der Waals surface area contributed by atoms with E-state index in [4.69, 9.17) is 21.4 Å². The number of carboxylic acids is 1. The van der Waals surface area contributed by atoms with Gasteiger partial charge in [-0.15, -0.1) is 6.58 Å². The van der Waals surface area contributed by atoms with Gasteiger partial charge in [-0.05, 0) is 26.0 Å². The third-order valence-corrected chi connectivity index (χ3v) is 3.53. The van der Waals surface area contributed by atoms with Gasteiger partial charge >= 0.3 is 5.97 Å². The van der Waals surface area contributed by atoms with E-state index < -0.39 is 29.2 Å². The average molecular weight is 344 g/mol. The number of ether oxygens (including phenoxy) is 1. The van der Waals surface area contributed by atoms with Gasteiger partial charge < -0.3 is 15.2 Å². The molecule has 0 saturated heterocycles. The molecule has 0 saturated carbocycles. The molecule has 1 amide bonds. The van der Waals surface area contributed by atoms with Gasteiger partial charge in [0.15, 0.2) is 6.04 Å². The lowest BCUT2D eigenvalue weighted by molar-refractivity contribution is -0.144. The van der Waals surface area contributed by atoms with Crippen LogP contribution in [-0.2, 0) is 19.7 Å². The van der Waals surface area contributed by atoms with Crippen molar-refractivity contribution in [3.8, 4) is 0 Å². The maximum Gasteiger partial charge on any atom is 0.328 e. The highest BCUT2D eigenvalue weighted by atomic mass is 35.5. The van der Waals surface area contributed by atoms with Gasteiger partial charge in [-0.3, -0.25) is 4.79 Å². The zero-order valence-electron chi connectivity index (χ0n) is 12.9. The second kappa shape index (κ2) is 8.08. The molecule has 2 N–H and O–H groups in total. The summed E-state index contributed by atoms with van der Waals surface area (Å²) in [5.74, 6) is -2.50. The van der Waals surface area contributed by atoms with Crippen molar-refractivity contribution < 1.29 is 23.8 Å². The van der Waals surface area contributed by atoms with Crippen LogP contribution in [0.1, 0.15) is 19.4 Å². The molecule has 0 radical (unpaired) electrons. The van der Waals surface area contributed by atoms with E-state index in [1.165, 1.54) is 32.1 Å². The van der Waals surface area contributed by atoms with Crippen LogP contribution in [-0.4, -0.2) is 36.2 Å². The quantitative estimate of drug-likeness (QED) is 0.562. The topological polar surface area (TPSA) is 75.6 Å². The molecule has 1 aromatic carbocycles. The van der Waals surface area contributed by atoms with Crippen LogP contribution in [0.5, 0.6) is 0 Å². The minimum Gasteiger partial charge on any atom is -0.480 e. The highest BCUT2D eigenvalue weighted by molar-refractivity contribution is 6.30. The van der Waals surface area contributed by atoms with Crippen molar-refractivity contribution >= 4 is 23.5 Å². The second-order valence-electron chi connectivity index (χ2n) is 5.44. The SMILES string of the molecule is C=CCOCC(NC(=O)C(C)(C)c1ccc(Cl)cc1F)C(=O)O. The van der Waals surface area contributed by atoms with Gasteiger partial charge in [0.25, 0.3) is 0 Å². The van der Waals surface area contributed by atoms with E-state index in [1.807, 2.05) is 0 Å². The first-order chi connectivity index (χ1) is 10.7. The predicted octanol–water partition coefficient (Wildman–Crippen LogP) is 2.53. The molecule has 0 aliphatic heterocycles. The van der Waals surface area contributed by atoms with E-state index in [9.17, 15) is 14.0 Å². The number of aliphatic carboxylic acids is 1. The lowest BCUT2D eigenvalue weighted by atomic mass is 9.83. The van der Waals surface area contributed by atoms with Crippen LogP contribution in [0, 0.1) is 5.82 Å². The number of nitrogens with one attached hydrogen (secondary N) is 1. The fourth-order valence-electron chi connectivity index (χ4n) is 1.90. The molecule has 7 heteroatoms. The maximum absolute atomic E-state index is 14.0. The summed E-state index contributed by atoms with van der Waals surface area (Å²) in [6, 6.07) is 2.74. The van der Waals surface area contributed by atoms with Gasteiger partial charge in [0.1, 0.15) is 5.82 Å². The average Bonchev–Trinajstić information content (AvgIpc) is 2.45. The number of hydrogen-bond acceptors (Lipinski definition) is 3. The zero-order chi connectivity index (χ0) is 17.6. The minimum absolute atomic E-state index is 0.121. The number of hydrogen-bond donors (Lipinski definition) is 2. The highest BCUT2D eigenvalue weighted by Crippen LogP contribution is 2.28. The minimum atomic E-state index is -1.28. The number of carboxylic acid groups (broad SMARTS) is 1. The first kappa shape index (κ1) is 19.1. The Morgan fingerprint density at radius 1 is 1.52 bits per heavy atom. The molecular weight excluding hydrogens is 325 g/mol. The molecule has 0 heterocycles. The summed E-state index contributed by atoms with van der Waals surface area (Å²) >= 11 is 5.70. The summed E-state index contributed by atoms with van der Waals surface area (Å²) < 4.78 is 19.1. The number of carbonyl (C=O) groups excluding carboxylic acids is 1. The smallest absolute Gasteiger partial charge is 0.328 e. The van der Waals surface area contributed by atoms with Crippen LogP contribution in [0.4, 0.5) is 4.39 Å². The molecule has 0 aromatic heterocycles. The predicted molar refractivity (Wildman–Crippen MR) is 85.0 cm³/mol. The van der Waals surface area contributed by atoms with Crippen molar-refractivity contribution in [1.82, 2.24) is 5.32 Å². The van der Waals surface area contributed by atoms with Crippen molar-refractivity contribution in [3.63, 3.8) is 0 Å². The monoisotopic (exact) mass is 343 g/mol. The van der Waals surface area contributed by atoms with E-state index in [0.29, 0.717) is 0 Å². The largest absolute Gasteiger partial charge is 0.480 e. The van der Waals surface area contributed by atoms with Gasteiger partial charge in [0, 0.05) is 10.6 Å². The number of amides is 1. The van der Waals surface area contributed by atoms with E-state index in [2.05, 4.69) is 11.9 Å². The van der Waals surface area contributed by atoms with Crippen molar-refractivity contribution in [2.45, 2.75) is 25.3 Å². The van der Waals surface area contributed by atoms with Gasteiger partial charge in [0.2, 0.25) is 5.91 Å². The van der Waals surface area contributed by atoms with E-state index in [0.717, 1.165) is 6.07 Å². The van der Waals surface area contributed by atoms with Crippen LogP contribution in [0.2, 0.25) is 5.02 Å². The lowest BCUT2D eigenvalue weighted by Crippen LogP contribution is -2.50.